The van der Waals surface area contributed by atoms with Crippen molar-refractivity contribution >= 4 is 17.4 Å². The van der Waals surface area contributed by atoms with Crippen LogP contribution in [0, 0.1) is 0 Å². The van der Waals surface area contributed by atoms with Crippen LogP contribution in [0.1, 0.15) is 12.8 Å². The standard InChI is InChI=1S/C10H14N4O/c11-9-5-7(3-4-12-9)13-6-8-1-2-10(15)14-8/h3-5,8H,1-2,6H2,(H,14,15)(H3,11,12,13). The average Bonchev–Trinajstić information content (AvgIpc) is 2.62. The number of carbonyl (C=O) groups excluding carboxylic acids is 1. The third-order valence-electron chi connectivity index (χ3n) is 2.42. The van der Waals surface area contributed by atoms with Crippen molar-refractivity contribution < 1.29 is 4.79 Å². The lowest BCUT2D eigenvalue weighted by atomic mass is 10.2. The van der Waals surface area contributed by atoms with Gasteiger partial charge in [-0.3, -0.25) is 4.79 Å². The first kappa shape index (κ1) is 9.76. The molecule has 1 fully saturated rings. The van der Waals surface area contributed by atoms with Crippen LogP contribution in [0.4, 0.5) is 11.5 Å². The number of aromatic nitrogens is 1. The molecule has 1 amide bonds. The van der Waals surface area contributed by atoms with Gasteiger partial charge in [0.2, 0.25) is 5.91 Å². The van der Waals surface area contributed by atoms with E-state index in [9.17, 15) is 4.79 Å². The van der Waals surface area contributed by atoms with E-state index in [1.807, 2.05) is 6.07 Å². The van der Waals surface area contributed by atoms with Gasteiger partial charge in [-0.05, 0) is 12.5 Å². The fourth-order valence-corrected chi connectivity index (χ4v) is 1.63. The summed E-state index contributed by atoms with van der Waals surface area (Å²) in [7, 11) is 0. The van der Waals surface area contributed by atoms with Gasteiger partial charge in [-0.15, -0.1) is 0 Å². The quantitative estimate of drug-likeness (QED) is 0.667. The molecule has 1 aromatic rings. The molecule has 1 aliphatic heterocycles. The molecule has 0 bridgehead atoms. The Morgan fingerprint density at radius 3 is 3.20 bits per heavy atom. The average molecular weight is 206 g/mol. The van der Waals surface area contributed by atoms with Gasteiger partial charge in [0.05, 0.1) is 0 Å². The topological polar surface area (TPSA) is 80.0 Å². The first-order valence-corrected chi connectivity index (χ1v) is 4.99. The number of hydrogen-bond donors (Lipinski definition) is 3. The minimum Gasteiger partial charge on any atom is -0.384 e. The summed E-state index contributed by atoms with van der Waals surface area (Å²) >= 11 is 0. The Morgan fingerprint density at radius 1 is 1.67 bits per heavy atom. The number of hydrogen-bond acceptors (Lipinski definition) is 4. The molecular weight excluding hydrogens is 192 g/mol. The number of amides is 1. The molecule has 1 aliphatic rings. The molecule has 5 nitrogen and oxygen atoms in total. The highest BCUT2D eigenvalue weighted by Gasteiger charge is 2.19. The molecule has 0 aliphatic carbocycles. The van der Waals surface area contributed by atoms with Crippen LogP contribution in [-0.4, -0.2) is 23.5 Å². The van der Waals surface area contributed by atoms with E-state index < -0.39 is 0 Å². The van der Waals surface area contributed by atoms with E-state index in [-0.39, 0.29) is 11.9 Å². The highest BCUT2D eigenvalue weighted by molar-refractivity contribution is 5.78. The molecule has 1 atom stereocenters. The molecular formula is C10H14N4O. The molecule has 1 saturated heterocycles. The normalized spacial score (nSPS) is 20.0. The van der Waals surface area contributed by atoms with Gasteiger partial charge < -0.3 is 16.4 Å². The maximum Gasteiger partial charge on any atom is 0.220 e. The van der Waals surface area contributed by atoms with Crippen LogP contribution in [0.25, 0.3) is 0 Å². The minimum atomic E-state index is 0.135. The number of nitrogens with zero attached hydrogens (tertiary/aromatic N) is 1. The van der Waals surface area contributed by atoms with Gasteiger partial charge in [-0.25, -0.2) is 4.98 Å². The number of rotatable bonds is 3. The predicted octanol–water partition coefficient (Wildman–Crippen LogP) is 0.354. The zero-order valence-corrected chi connectivity index (χ0v) is 8.36. The largest absolute Gasteiger partial charge is 0.384 e. The van der Waals surface area contributed by atoms with Gasteiger partial charge in [0.25, 0.3) is 0 Å². The molecule has 0 aromatic carbocycles. The zero-order valence-electron chi connectivity index (χ0n) is 8.36. The molecule has 5 heteroatoms. The van der Waals surface area contributed by atoms with Crippen LogP contribution in [0.15, 0.2) is 18.3 Å². The van der Waals surface area contributed by atoms with Crippen LogP contribution >= 0.6 is 0 Å². The molecule has 1 aromatic heterocycles. The van der Waals surface area contributed by atoms with E-state index in [1.54, 1.807) is 12.3 Å². The fraction of sp³-hybridized carbons (Fsp3) is 0.400. The van der Waals surface area contributed by atoms with Gasteiger partial charge in [0, 0.05) is 37.0 Å². The number of anilines is 2. The van der Waals surface area contributed by atoms with E-state index in [0.717, 1.165) is 18.7 Å². The summed E-state index contributed by atoms with van der Waals surface area (Å²) in [4.78, 5) is 14.8. The third kappa shape index (κ3) is 2.59. The lowest BCUT2D eigenvalue weighted by molar-refractivity contribution is -0.119. The molecule has 1 unspecified atom stereocenters. The Morgan fingerprint density at radius 2 is 2.53 bits per heavy atom. The number of nitrogens with two attached hydrogens (primary N) is 1. The molecule has 0 radical (unpaired) electrons. The Hall–Kier alpha value is -1.78. The fourth-order valence-electron chi connectivity index (χ4n) is 1.63. The summed E-state index contributed by atoms with van der Waals surface area (Å²) in [6.45, 7) is 0.731. The number of pyridine rings is 1. The molecule has 2 heterocycles. The molecule has 0 saturated carbocycles. The molecule has 80 valence electrons. The lowest BCUT2D eigenvalue weighted by Gasteiger charge is -2.12. The van der Waals surface area contributed by atoms with Crippen molar-refractivity contribution in [1.29, 1.82) is 0 Å². The maximum atomic E-state index is 11.0. The number of carbonyl (C=O) groups is 1. The van der Waals surface area contributed by atoms with E-state index in [4.69, 9.17) is 5.73 Å². The first-order valence-electron chi connectivity index (χ1n) is 4.99. The highest BCUT2D eigenvalue weighted by Crippen LogP contribution is 2.11. The Labute approximate surface area is 88.1 Å². The van der Waals surface area contributed by atoms with Gasteiger partial charge in [-0.2, -0.15) is 0 Å². The van der Waals surface area contributed by atoms with Crippen molar-refractivity contribution in [3.05, 3.63) is 18.3 Å². The molecule has 15 heavy (non-hydrogen) atoms. The monoisotopic (exact) mass is 206 g/mol. The molecule has 2 rings (SSSR count). The summed E-state index contributed by atoms with van der Waals surface area (Å²) in [6.07, 6.45) is 3.18. The van der Waals surface area contributed by atoms with Crippen molar-refractivity contribution in [2.24, 2.45) is 0 Å². The summed E-state index contributed by atoms with van der Waals surface area (Å²) in [5, 5.41) is 6.10. The second-order valence-corrected chi connectivity index (χ2v) is 3.65. The van der Waals surface area contributed by atoms with Crippen LogP contribution in [0.5, 0.6) is 0 Å². The van der Waals surface area contributed by atoms with Gasteiger partial charge in [0.15, 0.2) is 0 Å². The van der Waals surface area contributed by atoms with E-state index in [1.165, 1.54) is 0 Å². The number of nitrogen functional groups attached to an aromatic ring is 1. The van der Waals surface area contributed by atoms with E-state index in [0.29, 0.717) is 12.2 Å². The van der Waals surface area contributed by atoms with Crippen molar-refractivity contribution in [2.45, 2.75) is 18.9 Å². The van der Waals surface area contributed by atoms with Crippen LogP contribution in [0.2, 0.25) is 0 Å². The minimum absolute atomic E-state index is 0.135. The SMILES string of the molecule is Nc1cc(NCC2CCC(=O)N2)ccn1. The third-order valence-corrected chi connectivity index (χ3v) is 2.42. The van der Waals surface area contributed by atoms with Crippen molar-refractivity contribution in [3.8, 4) is 0 Å². The second-order valence-electron chi connectivity index (χ2n) is 3.65. The Balaban J connectivity index is 1.85. The highest BCUT2D eigenvalue weighted by atomic mass is 16.1. The predicted molar refractivity (Wildman–Crippen MR) is 58.3 cm³/mol. The summed E-state index contributed by atoms with van der Waals surface area (Å²) in [5.41, 5.74) is 6.48. The van der Waals surface area contributed by atoms with E-state index in [2.05, 4.69) is 15.6 Å². The Kier molecular flexibility index (Phi) is 2.71. The first-order chi connectivity index (χ1) is 7.24. The van der Waals surface area contributed by atoms with E-state index >= 15 is 0 Å². The van der Waals surface area contributed by atoms with Crippen molar-refractivity contribution in [1.82, 2.24) is 10.3 Å². The number of nitrogens with one attached hydrogen (secondary N) is 2. The van der Waals surface area contributed by atoms with Crippen LogP contribution in [0.3, 0.4) is 0 Å². The Bertz CT molecular complexity index is 366. The zero-order chi connectivity index (χ0) is 10.7. The van der Waals surface area contributed by atoms with Gasteiger partial charge in [-0.1, -0.05) is 0 Å². The van der Waals surface area contributed by atoms with Crippen molar-refractivity contribution in [3.63, 3.8) is 0 Å². The lowest BCUT2D eigenvalue weighted by Crippen LogP contribution is -2.31. The van der Waals surface area contributed by atoms with Gasteiger partial charge >= 0.3 is 0 Å². The molecule has 0 spiro atoms. The second kappa shape index (κ2) is 4.16. The smallest absolute Gasteiger partial charge is 0.220 e. The maximum absolute atomic E-state index is 11.0. The van der Waals surface area contributed by atoms with Crippen LogP contribution in [-0.2, 0) is 4.79 Å². The molecule has 4 N–H and O–H groups in total. The van der Waals surface area contributed by atoms with Crippen molar-refractivity contribution in [2.75, 3.05) is 17.6 Å². The summed E-state index contributed by atoms with van der Waals surface area (Å²) in [5.74, 6) is 0.631. The van der Waals surface area contributed by atoms with Gasteiger partial charge in [0.1, 0.15) is 5.82 Å². The summed E-state index contributed by atoms with van der Waals surface area (Å²) < 4.78 is 0. The summed E-state index contributed by atoms with van der Waals surface area (Å²) in [6, 6.07) is 3.86. The van der Waals surface area contributed by atoms with Crippen LogP contribution < -0.4 is 16.4 Å².